The summed E-state index contributed by atoms with van der Waals surface area (Å²) in [5.41, 5.74) is 6.32. The number of benzene rings is 1. The highest BCUT2D eigenvalue weighted by molar-refractivity contribution is 5.84. The van der Waals surface area contributed by atoms with Crippen molar-refractivity contribution in [2.75, 3.05) is 19.6 Å². The van der Waals surface area contributed by atoms with Gasteiger partial charge in [0, 0.05) is 6.54 Å². The molecule has 0 bridgehead atoms. The lowest BCUT2D eigenvalue weighted by Crippen LogP contribution is -2.40. The quantitative estimate of drug-likeness (QED) is 0.598. The minimum absolute atomic E-state index is 0.104. The Labute approximate surface area is 117 Å². The zero-order chi connectivity index (χ0) is 15.2. The number of rotatable bonds is 7. The maximum absolute atomic E-state index is 12.6. The van der Waals surface area contributed by atoms with Gasteiger partial charge in [0.05, 0.1) is 18.3 Å². The minimum atomic E-state index is -4.24. The van der Waals surface area contributed by atoms with E-state index in [-0.39, 0.29) is 12.4 Å². The van der Waals surface area contributed by atoms with Crippen LogP contribution in [0, 0.1) is 5.41 Å². The summed E-state index contributed by atoms with van der Waals surface area (Å²) in [6.07, 6.45) is -3.62. The van der Waals surface area contributed by atoms with Crippen LogP contribution in [0.15, 0.2) is 30.3 Å². The van der Waals surface area contributed by atoms with Crippen molar-refractivity contribution < 1.29 is 13.2 Å². The van der Waals surface area contributed by atoms with Crippen LogP contribution < -0.4 is 5.73 Å². The second-order valence-electron chi connectivity index (χ2n) is 4.77. The SMILES string of the molecule is CCCN(CC(C(=N)N)c1ccccc1)CC(F)(F)F. The summed E-state index contributed by atoms with van der Waals surface area (Å²) in [6, 6.07) is 8.96. The molecule has 1 aromatic carbocycles. The summed E-state index contributed by atoms with van der Waals surface area (Å²) < 4.78 is 37.7. The Hall–Kier alpha value is -1.56. The zero-order valence-corrected chi connectivity index (χ0v) is 11.5. The molecule has 0 fully saturated rings. The monoisotopic (exact) mass is 287 g/mol. The molecule has 0 spiro atoms. The van der Waals surface area contributed by atoms with Crippen molar-refractivity contribution >= 4 is 5.84 Å². The lowest BCUT2D eigenvalue weighted by molar-refractivity contribution is -0.146. The van der Waals surface area contributed by atoms with E-state index in [4.69, 9.17) is 11.1 Å². The Kier molecular flexibility index (Phi) is 6.01. The number of halogens is 3. The van der Waals surface area contributed by atoms with Crippen LogP contribution in [-0.2, 0) is 0 Å². The van der Waals surface area contributed by atoms with Crippen molar-refractivity contribution in [2.45, 2.75) is 25.4 Å². The van der Waals surface area contributed by atoms with E-state index < -0.39 is 18.6 Å². The third kappa shape index (κ3) is 5.61. The molecule has 0 radical (unpaired) electrons. The topological polar surface area (TPSA) is 53.1 Å². The van der Waals surface area contributed by atoms with Gasteiger partial charge in [-0.15, -0.1) is 0 Å². The van der Waals surface area contributed by atoms with Crippen molar-refractivity contribution in [1.29, 1.82) is 5.41 Å². The third-order valence-electron chi connectivity index (χ3n) is 2.96. The summed E-state index contributed by atoms with van der Waals surface area (Å²) >= 11 is 0. The summed E-state index contributed by atoms with van der Waals surface area (Å²) in [5, 5.41) is 7.62. The molecular formula is C14H20F3N3. The predicted octanol–water partition coefficient (Wildman–Crippen LogP) is 2.98. The van der Waals surface area contributed by atoms with Gasteiger partial charge in [0.2, 0.25) is 0 Å². The van der Waals surface area contributed by atoms with Crippen LogP contribution in [0.25, 0.3) is 0 Å². The number of hydrogen-bond donors (Lipinski definition) is 2. The second kappa shape index (κ2) is 7.28. The van der Waals surface area contributed by atoms with Crippen molar-refractivity contribution in [3.63, 3.8) is 0 Å². The Bertz CT molecular complexity index is 417. The fourth-order valence-electron chi connectivity index (χ4n) is 2.13. The summed E-state index contributed by atoms with van der Waals surface area (Å²) in [7, 11) is 0. The highest BCUT2D eigenvalue weighted by atomic mass is 19.4. The van der Waals surface area contributed by atoms with Gasteiger partial charge in [-0.3, -0.25) is 10.3 Å². The van der Waals surface area contributed by atoms with E-state index in [2.05, 4.69) is 0 Å². The van der Waals surface area contributed by atoms with Gasteiger partial charge in [-0.05, 0) is 18.5 Å². The number of nitrogens with two attached hydrogens (primary N) is 1. The van der Waals surface area contributed by atoms with Crippen molar-refractivity contribution in [2.24, 2.45) is 5.73 Å². The molecule has 1 aromatic rings. The largest absolute Gasteiger partial charge is 0.401 e. The number of nitrogens with zero attached hydrogens (tertiary/aromatic N) is 1. The van der Waals surface area contributed by atoms with Crippen molar-refractivity contribution in [1.82, 2.24) is 4.90 Å². The molecule has 3 N–H and O–H groups in total. The molecule has 1 atom stereocenters. The molecule has 112 valence electrons. The van der Waals surface area contributed by atoms with Gasteiger partial charge >= 0.3 is 6.18 Å². The molecule has 20 heavy (non-hydrogen) atoms. The normalized spacial score (nSPS) is 13.4. The van der Waals surface area contributed by atoms with Gasteiger partial charge in [-0.25, -0.2) is 0 Å². The van der Waals surface area contributed by atoms with E-state index in [9.17, 15) is 13.2 Å². The fourth-order valence-corrected chi connectivity index (χ4v) is 2.13. The minimum Gasteiger partial charge on any atom is -0.387 e. The second-order valence-corrected chi connectivity index (χ2v) is 4.77. The van der Waals surface area contributed by atoms with E-state index in [0.717, 1.165) is 5.56 Å². The van der Waals surface area contributed by atoms with Crippen LogP contribution >= 0.6 is 0 Å². The van der Waals surface area contributed by atoms with E-state index in [1.165, 1.54) is 4.90 Å². The Morgan fingerprint density at radius 1 is 1.30 bits per heavy atom. The Balaban J connectivity index is 2.84. The standard InChI is InChI=1S/C14H20F3N3/c1-2-8-20(10-14(15,16)17)9-12(13(18)19)11-6-4-3-5-7-11/h3-7,12H,2,8-10H2,1H3,(H3,18,19). The molecule has 3 nitrogen and oxygen atoms in total. The highest BCUT2D eigenvalue weighted by Crippen LogP contribution is 2.21. The highest BCUT2D eigenvalue weighted by Gasteiger charge is 2.32. The van der Waals surface area contributed by atoms with Gasteiger partial charge in [0.25, 0.3) is 0 Å². The first-order valence-corrected chi connectivity index (χ1v) is 6.51. The summed E-state index contributed by atoms with van der Waals surface area (Å²) in [5.74, 6) is -0.621. The fraction of sp³-hybridized carbons (Fsp3) is 0.500. The summed E-state index contributed by atoms with van der Waals surface area (Å²) in [4.78, 5) is 1.30. The number of hydrogen-bond acceptors (Lipinski definition) is 2. The van der Waals surface area contributed by atoms with Crippen LogP contribution in [0.4, 0.5) is 13.2 Å². The van der Waals surface area contributed by atoms with E-state index >= 15 is 0 Å². The molecule has 0 saturated carbocycles. The maximum Gasteiger partial charge on any atom is 0.401 e. The van der Waals surface area contributed by atoms with Crippen LogP contribution in [0.2, 0.25) is 0 Å². The smallest absolute Gasteiger partial charge is 0.387 e. The van der Waals surface area contributed by atoms with Crippen molar-refractivity contribution in [3.05, 3.63) is 35.9 Å². The van der Waals surface area contributed by atoms with Gasteiger partial charge in [-0.2, -0.15) is 13.2 Å². The molecule has 0 heterocycles. The average molecular weight is 287 g/mol. The molecule has 1 unspecified atom stereocenters. The first kappa shape index (κ1) is 16.5. The molecular weight excluding hydrogens is 267 g/mol. The van der Waals surface area contributed by atoms with Crippen molar-refractivity contribution in [3.8, 4) is 0 Å². The lowest BCUT2D eigenvalue weighted by atomic mass is 9.97. The molecule has 0 aliphatic rings. The molecule has 0 saturated heterocycles. The number of nitrogens with one attached hydrogen (secondary N) is 1. The molecule has 0 aliphatic heterocycles. The molecule has 0 aromatic heterocycles. The third-order valence-corrected chi connectivity index (χ3v) is 2.96. The van der Waals surface area contributed by atoms with Crippen LogP contribution in [0.3, 0.4) is 0 Å². The number of alkyl halides is 3. The lowest BCUT2D eigenvalue weighted by Gasteiger charge is -2.27. The van der Waals surface area contributed by atoms with Gasteiger partial charge in [0.1, 0.15) is 0 Å². The van der Waals surface area contributed by atoms with Gasteiger partial charge in [-0.1, -0.05) is 37.3 Å². The number of amidine groups is 1. The first-order valence-electron chi connectivity index (χ1n) is 6.51. The summed E-state index contributed by atoms with van der Waals surface area (Å²) in [6.45, 7) is 1.29. The predicted molar refractivity (Wildman–Crippen MR) is 73.9 cm³/mol. The molecule has 0 amide bonds. The molecule has 6 heteroatoms. The van der Waals surface area contributed by atoms with Gasteiger partial charge in [0.15, 0.2) is 0 Å². The molecule has 1 rings (SSSR count). The zero-order valence-electron chi connectivity index (χ0n) is 11.5. The van der Waals surface area contributed by atoms with Crippen LogP contribution in [0.1, 0.15) is 24.8 Å². The average Bonchev–Trinajstić information content (AvgIpc) is 2.35. The Morgan fingerprint density at radius 2 is 1.90 bits per heavy atom. The van der Waals surface area contributed by atoms with E-state index in [1.54, 1.807) is 24.3 Å². The first-order chi connectivity index (χ1) is 9.33. The van der Waals surface area contributed by atoms with Gasteiger partial charge < -0.3 is 5.73 Å². The van der Waals surface area contributed by atoms with E-state index in [1.807, 2.05) is 13.0 Å². The maximum atomic E-state index is 12.6. The molecule has 0 aliphatic carbocycles. The van der Waals surface area contributed by atoms with E-state index in [0.29, 0.717) is 13.0 Å². The van der Waals surface area contributed by atoms with Crippen LogP contribution in [-0.4, -0.2) is 36.5 Å². The Morgan fingerprint density at radius 3 is 2.35 bits per heavy atom. The van der Waals surface area contributed by atoms with Crippen LogP contribution in [0.5, 0.6) is 0 Å².